The lowest BCUT2D eigenvalue weighted by atomic mass is 10.1. The van der Waals surface area contributed by atoms with E-state index in [2.05, 4.69) is 35.2 Å². The molecule has 10 atom stereocenters. The fourth-order valence-electron chi connectivity index (χ4n) is 5.43. The van der Waals surface area contributed by atoms with Gasteiger partial charge in [0.1, 0.15) is 42.4 Å². The molecule has 0 aromatic carbocycles. The second-order valence-electron chi connectivity index (χ2n) is 11.8. The molecule has 2 aliphatic rings. The van der Waals surface area contributed by atoms with Gasteiger partial charge in [-0.2, -0.15) is 0 Å². The molecule has 49 heavy (non-hydrogen) atoms. The van der Waals surface area contributed by atoms with Crippen molar-refractivity contribution in [2.24, 2.45) is 0 Å². The van der Waals surface area contributed by atoms with Crippen molar-refractivity contribution in [2.75, 3.05) is 18.9 Å². The third kappa shape index (κ3) is 10.9. The maximum atomic E-state index is 12.3. The number of carbonyl (C=O) groups excluding carboxylic acids is 1. The third-order valence-electron chi connectivity index (χ3n) is 8.06. The molecule has 0 amide bonds. The zero-order valence-electron chi connectivity index (χ0n) is 26.8. The van der Waals surface area contributed by atoms with E-state index >= 15 is 0 Å². The largest absolute Gasteiger partial charge is 0.756 e. The Morgan fingerprint density at radius 2 is 1.47 bits per heavy atom. The van der Waals surface area contributed by atoms with Crippen LogP contribution in [0.2, 0.25) is 0 Å². The Morgan fingerprint density at radius 1 is 0.878 bits per heavy atom. The minimum atomic E-state index is -5.69. The number of aromatic nitrogens is 4. The number of carbonyl (C=O) groups is 1. The van der Waals surface area contributed by atoms with Gasteiger partial charge in [0.2, 0.25) is 0 Å². The number of hydrogen-bond donors (Lipinski definition) is 5. The Balaban J connectivity index is 1.18. The molecule has 4 heterocycles. The van der Waals surface area contributed by atoms with Crippen molar-refractivity contribution < 1.29 is 71.7 Å². The zero-order chi connectivity index (χ0) is 35.8. The second-order valence-corrected chi connectivity index (χ2v) is 14.7. The number of rotatable bonds is 20. The summed E-state index contributed by atoms with van der Waals surface area (Å²) < 4.78 is 54.6. The van der Waals surface area contributed by atoms with E-state index in [9.17, 15) is 44.1 Å². The van der Waals surface area contributed by atoms with Gasteiger partial charge in [-0.05, 0) is 6.42 Å². The highest BCUT2D eigenvalue weighted by atomic mass is 31.3. The highest BCUT2D eigenvalue weighted by molar-refractivity contribution is 7.59. The number of aliphatic hydroxyl groups is 4. The van der Waals surface area contributed by atoms with Crippen molar-refractivity contribution in [1.29, 1.82) is 0 Å². The monoisotopic (exact) mass is 739 g/mol. The molecule has 22 heteroatoms. The fraction of sp³-hybridized carbons (Fsp3) is 0.778. The Hall–Kier alpha value is -2.16. The van der Waals surface area contributed by atoms with E-state index in [0.717, 1.165) is 32.0 Å². The van der Waals surface area contributed by atoms with Crippen molar-refractivity contribution in [3.63, 3.8) is 0 Å². The van der Waals surface area contributed by atoms with E-state index in [1.54, 1.807) is 0 Å². The fourth-order valence-corrected chi connectivity index (χ4v) is 7.44. The van der Waals surface area contributed by atoms with Crippen LogP contribution in [0.3, 0.4) is 0 Å². The molecule has 2 saturated heterocycles. The minimum absolute atomic E-state index is 0.0402. The molecule has 0 aliphatic carbocycles. The Kier molecular flexibility index (Phi) is 14.4. The minimum Gasteiger partial charge on any atom is -0.756 e. The summed E-state index contributed by atoms with van der Waals surface area (Å²) in [7, 11) is -11.4. The van der Waals surface area contributed by atoms with Gasteiger partial charge >= 0.3 is 5.97 Å². The van der Waals surface area contributed by atoms with Crippen LogP contribution in [0.1, 0.15) is 77.4 Å². The molecular weight excluding hydrogens is 696 g/mol. The number of esters is 1. The molecule has 0 saturated carbocycles. The van der Waals surface area contributed by atoms with Crippen LogP contribution in [0.25, 0.3) is 11.2 Å². The summed E-state index contributed by atoms with van der Waals surface area (Å²) in [6, 6.07) is 0. The van der Waals surface area contributed by atoms with Gasteiger partial charge in [0, 0.05) is 6.42 Å². The van der Waals surface area contributed by atoms with Crippen molar-refractivity contribution in [1.82, 2.24) is 19.5 Å². The number of hydrogen-bond acceptors (Lipinski definition) is 19. The van der Waals surface area contributed by atoms with E-state index in [1.807, 2.05) is 0 Å². The highest BCUT2D eigenvalue weighted by Crippen LogP contribution is 2.56. The van der Waals surface area contributed by atoms with E-state index in [4.69, 9.17) is 19.9 Å². The van der Waals surface area contributed by atoms with Crippen LogP contribution < -0.4 is 15.5 Å². The summed E-state index contributed by atoms with van der Waals surface area (Å²) >= 11 is 0. The number of phosphoric ester groups is 2. The van der Waals surface area contributed by atoms with Gasteiger partial charge in [-0.15, -0.1) is 0 Å². The summed E-state index contributed by atoms with van der Waals surface area (Å²) in [5, 5.41) is 41.5. The number of fused-ring (bicyclic) bond motifs is 1. The van der Waals surface area contributed by atoms with Gasteiger partial charge in [0.25, 0.3) is 15.6 Å². The number of nitrogens with zero attached hydrogens (tertiary/aromatic N) is 4. The van der Waals surface area contributed by atoms with Crippen molar-refractivity contribution in [3.05, 3.63) is 12.7 Å². The first-order valence-electron chi connectivity index (χ1n) is 16.0. The van der Waals surface area contributed by atoms with E-state index in [-0.39, 0.29) is 23.4 Å². The van der Waals surface area contributed by atoms with Gasteiger partial charge in [-0.1, -0.05) is 58.3 Å². The molecule has 0 radical (unpaired) electrons. The summed E-state index contributed by atoms with van der Waals surface area (Å²) in [6.45, 7) is 0.154. The number of nitrogen functional groups attached to an aromatic ring is 1. The predicted molar refractivity (Wildman–Crippen MR) is 162 cm³/mol. The van der Waals surface area contributed by atoms with Crippen LogP contribution in [0.15, 0.2) is 12.7 Å². The van der Waals surface area contributed by atoms with Gasteiger partial charge in [-0.3, -0.25) is 18.5 Å². The van der Waals surface area contributed by atoms with Crippen LogP contribution in [0.5, 0.6) is 0 Å². The molecule has 20 nitrogen and oxygen atoms in total. The summed E-state index contributed by atoms with van der Waals surface area (Å²) in [5.41, 5.74) is 6.08. The topological polar surface area (TPSA) is 303 Å². The van der Waals surface area contributed by atoms with Gasteiger partial charge in [0.05, 0.1) is 19.5 Å². The Morgan fingerprint density at radius 3 is 2.10 bits per heavy atom. The van der Waals surface area contributed by atoms with E-state index in [1.165, 1.54) is 36.6 Å². The Labute approximate surface area is 281 Å². The van der Waals surface area contributed by atoms with Gasteiger partial charge in [0.15, 0.2) is 30.1 Å². The molecule has 6 N–H and O–H groups in total. The lowest BCUT2D eigenvalue weighted by Gasteiger charge is -2.32. The standard InChI is InChI=1S/C27H45N5O15P2/c1-2-3-4-5-6-7-8-9-10-11-18(33)46-23-21(35)17(45-27(23)37)13-43-49(40,41)47-48(38,39)42-12-16-20(34)22(36)26(44-16)32-15-31-19-24(28)29-14-30-25(19)32/h14-17,20-23,26-27,34-37H,2-13H2,1H3,(H,38,39)(H,40,41)(H2,28,29,30)/p-2/t16-,17-,20-,21-,22-,23-,26-,27?/m1/s1. The van der Waals surface area contributed by atoms with E-state index < -0.39 is 84.0 Å². The van der Waals surface area contributed by atoms with Crippen LogP contribution in [-0.2, 0) is 41.5 Å². The Bertz CT molecular complexity index is 1470. The molecule has 2 aromatic heterocycles. The smallest absolute Gasteiger partial charge is 0.306 e. The van der Waals surface area contributed by atoms with E-state index in [0.29, 0.717) is 6.42 Å². The number of ether oxygens (including phenoxy) is 3. The van der Waals surface area contributed by atoms with Gasteiger partial charge < -0.3 is 59.2 Å². The van der Waals surface area contributed by atoms with Crippen molar-refractivity contribution in [2.45, 2.75) is 120 Å². The molecule has 3 unspecified atom stereocenters. The molecule has 2 aromatic rings. The van der Waals surface area contributed by atoms with Gasteiger partial charge in [-0.25, -0.2) is 19.3 Å². The molecule has 2 fully saturated rings. The van der Waals surface area contributed by atoms with Crippen LogP contribution >= 0.6 is 15.6 Å². The summed E-state index contributed by atoms with van der Waals surface area (Å²) in [4.78, 5) is 48.6. The average Bonchev–Trinajstić information content (AvgIpc) is 3.68. The van der Waals surface area contributed by atoms with Crippen LogP contribution in [0.4, 0.5) is 5.82 Å². The number of nitrogens with two attached hydrogens (primary N) is 1. The normalized spacial score (nSPS) is 29.6. The molecule has 0 bridgehead atoms. The average molecular weight is 740 g/mol. The molecular formula is C27H43N5O15P2-2. The number of phosphoric acid groups is 2. The summed E-state index contributed by atoms with van der Waals surface area (Å²) in [5.74, 6) is -0.649. The third-order valence-corrected chi connectivity index (χ3v) is 10.6. The highest BCUT2D eigenvalue weighted by Gasteiger charge is 2.47. The SMILES string of the molecule is CCCCCCCCCCCC(=O)O[C@H]1C(O)O[C@H](COP(=O)([O-])OP(=O)([O-])OC[C@H]2O[C@@H](n3cnc4c(N)ncnc43)[C@H](O)[C@@H]2O)[C@H]1O. The maximum Gasteiger partial charge on any atom is 0.306 e. The quantitative estimate of drug-likeness (QED) is 0.0674. The molecule has 4 rings (SSSR count). The van der Waals surface area contributed by atoms with Crippen LogP contribution in [-0.4, -0.2) is 102 Å². The van der Waals surface area contributed by atoms with Crippen molar-refractivity contribution in [3.8, 4) is 0 Å². The number of unbranched alkanes of at least 4 members (excludes halogenated alkanes) is 8. The number of anilines is 1. The second kappa shape index (κ2) is 17.9. The molecule has 0 spiro atoms. The first kappa shape index (κ1) is 39.6. The zero-order valence-corrected chi connectivity index (χ0v) is 28.6. The molecule has 278 valence electrons. The molecule has 2 aliphatic heterocycles. The lowest BCUT2D eigenvalue weighted by Crippen LogP contribution is -2.38. The van der Waals surface area contributed by atoms with Crippen molar-refractivity contribution >= 4 is 38.6 Å². The first-order valence-corrected chi connectivity index (χ1v) is 18.9. The lowest BCUT2D eigenvalue weighted by molar-refractivity contribution is -0.247. The number of aliphatic hydroxyl groups excluding tert-OH is 4. The first-order chi connectivity index (χ1) is 23.2. The maximum absolute atomic E-state index is 12.3. The number of imidazole rings is 1. The van der Waals surface area contributed by atoms with Crippen LogP contribution in [0, 0.1) is 0 Å². The predicted octanol–water partition coefficient (Wildman–Crippen LogP) is -0.0749. The summed E-state index contributed by atoms with van der Waals surface area (Å²) in [6.07, 6.45) is -1.00.